The van der Waals surface area contributed by atoms with Gasteiger partial charge in [0.1, 0.15) is 18.4 Å². The molecule has 3 rings (SSSR count). The number of carbonyl (C=O) groups is 2. The number of hydrogen-bond acceptors (Lipinski definition) is 4. The maximum Gasteiger partial charge on any atom is 0.264 e. The van der Waals surface area contributed by atoms with Gasteiger partial charge in [0, 0.05) is 17.6 Å². The second kappa shape index (κ2) is 12.3. The van der Waals surface area contributed by atoms with Crippen LogP contribution >= 0.6 is 15.9 Å². The second-order valence-corrected chi connectivity index (χ2v) is 11.3. The SMILES string of the molecule is CCNC(=O)[C@H](C)N(Cc1cccc(Br)c1)C(=O)CN(c1ccc(F)cc1)S(=O)(=O)c1ccc(C)cc1. The number of likely N-dealkylation sites (N-methyl/N-ethyl adjacent to an activating group) is 1. The number of sulfonamides is 1. The average molecular weight is 591 g/mol. The van der Waals surface area contributed by atoms with Crippen molar-refractivity contribution in [3.63, 3.8) is 0 Å². The molecule has 0 bridgehead atoms. The molecule has 0 radical (unpaired) electrons. The van der Waals surface area contributed by atoms with Crippen LogP contribution in [0.4, 0.5) is 10.1 Å². The van der Waals surface area contributed by atoms with Crippen molar-refractivity contribution >= 4 is 43.5 Å². The van der Waals surface area contributed by atoms with E-state index in [2.05, 4.69) is 21.2 Å². The molecule has 37 heavy (non-hydrogen) atoms. The molecular formula is C27H29BrFN3O4S. The Morgan fingerprint density at radius 1 is 1.03 bits per heavy atom. The zero-order valence-corrected chi connectivity index (χ0v) is 23.2. The first-order valence-electron chi connectivity index (χ1n) is 11.7. The molecule has 0 heterocycles. The summed E-state index contributed by atoms with van der Waals surface area (Å²) in [4.78, 5) is 27.8. The number of halogens is 2. The monoisotopic (exact) mass is 589 g/mol. The molecule has 196 valence electrons. The molecule has 1 N–H and O–H groups in total. The Labute approximate surface area is 225 Å². The van der Waals surface area contributed by atoms with Crippen LogP contribution in [0.25, 0.3) is 0 Å². The Morgan fingerprint density at radius 3 is 2.27 bits per heavy atom. The lowest BCUT2D eigenvalue weighted by Gasteiger charge is -2.32. The van der Waals surface area contributed by atoms with E-state index in [4.69, 9.17) is 0 Å². The number of aryl methyl sites for hydroxylation is 1. The van der Waals surface area contributed by atoms with Crippen LogP contribution in [-0.4, -0.2) is 44.3 Å². The van der Waals surface area contributed by atoms with Crippen LogP contribution < -0.4 is 9.62 Å². The molecule has 0 saturated heterocycles. The van der Waals surface area contributed by atoms with Gasteiger partial charge in [-0.05, 0) is 74.9 Å². The first kappa shape index (κ1) is 28.3. The highest BCUT2D eigenvalue weighted by atomic mass is 79.9. The number of nitrogens with zero attached hydrogens (tertiary/aromatic N) is 2. The lowest BCUT2D eigenvalue weighted by Crippen LogP contribution is -2.51. The Bertz CT molecular complexity index is 1350. The molecule has 0 spiro atoms. The molecule has 0 fully saturated rings. The van der Waals surface area contributed by atoms with Gasteiger partial charge in [-0.3, -0.25) is 13.9 Å². The summed E-state index contributed by atoms with van der Waals surface area (Å²) in [5.41, 5.74) is 1.76. The number of benzene rings is 3. The van der Waals surface area contributed by atoms with Gasteiger partial charge in [0.05, 0.1) is 10.6 Å². The summed E-state index contributed by atoms with van der Waals surface area (Å²) in [6.45, 7) is 5.08. The zero-order valence-electron chi connectivity index (χ0n) is 20.8. The lowest BCUT2D eigenvalue weighted by molar-refractivity contribution is -0.139. The predicted molar refractivity (Wildman–Crippen MR) is 145 cm³/mol. The molecule has 7 nitrogen and oxygen atoms in total. The molecule has 0 aliphatic rings. The van der Waals surface area contributed by atoms with E-state index in [1.165, 1.54) is 29.2 Å². The number of amides is 2. The molecule has 0 aliphatic carbocycles. The smallest absolute Gasteiger partial charge is 0.264 e. The summed E-state index contributed by atoms with van der Waals surface area (Å²) in [7, 11) is -4.19. The second-order valence-electron chi connectivity index (χ2n) is 8.52. The number of carbonyl (C=O) groups excluding carboxylic acids is 2. The van der Waals surface area contributed by atoms with Crippen molar-refractivity contribution in [3.8, 4) is 0 Å². The fourth-order valence-electron chi connectivity index (χ4n) is 3.71. The van der Waals surface area contributed by atoms with Gasteiger partial charge in [-0.25, -0.2) is 12.8 Å². The number of anilines is 1. The molecule has 3 aromatic rings. The minimum absolute atomic E-state index is 0.00876. The summed E-state index contributed by atoms with van der Waals surface area (Å²) >= 11 is 3.41. The van der Waals surface area contributed by atoms with Gasteiger partial charge in [-0.2, -0.15) is 0 Å². The Balaban J connectivity index is 2.02. The summed E-state index contributed by atoms with van der Waals surface area (Å²) in [6.07, 6.45) is 0. The standard InChI is InChI=1S/C27H29BrFN3O4S/c1-4-30-27(34)20(3)31(17-21-6-5-7-22(28)16-21)26(33)18-32(24-12-10-23(29)11-13-24)37(35,36)25-14-8-19(2)9-15-25/h5-16,20H,4,17-18H2,1-3H3,(H,30,34)/t20-/m0/s1. The first-order valence-corrected chi connectivity index (χ1v) is 13.9. The van der Waals surface area contributed by atoms with E-state index >= 15 is 0 Å². The third-order valence-electron chi connectivity index (χ3n) is 5.76. The van der Waals surface area contributed by atoms with Crippen LogP contribution in [0.5, 0.6) is 0 Å². The van der Waals surface area contributed by atoms with Gasteiger partial charge in [-0.1, -0.05) is 45.8 Å². The lowest BCUT2D eigenvalue weighted by atomic mass is 10.1. The molecule has 2 amide bonds. The highest BCUT2D eigenvalue weighted by Crippen LogP contribution is 2.25. The van der Waals surface area contributed by atoms with Crippen molar-refractivity contribution in [2.45, 2.75) is 38.3 Å². The van der Waals surface area contributed by atoms with Crippen molar-refractivity contribution in [1.82, 2.24) is 10.2 Å². The maximum absolute atomic E-state index is 13.7. The van der Waals surface area contributed by atoms with Crippen molar-refractivity contribution in [1.29, 1.82) is 0 Å². The normalized spacial score (nSPS) is 12.0. The third kappa shape index (κ3) is 7.17. The first-order chi connectivity index (χ1) is 17.5. The quantitative estimate of drug-likeness (QED) is 0.373. The van der Waals surface area contributed by atoms with Crippen molar-refractivity contribution in [2.24, 2.45) is 0 Å². The zero-order chi connectivity index (χ0) is 27.2. The average Bonchev–Trinajstić information content (AvgIpc) is 2.86. The van der Waals surface area contributed by atoms with Gasteiger partial charge in [0.15, 0.2) is 0 Å². The number of rotatable bonds is 10. The number of nitrogens with one attached hydrogen (secondary N) is 1. The Hall–Kier alpha value is -3.24. The Kier molecular flexibility index (Phi) is 9.45. The van der Waals surface area contributed by atoms with Crippen molar-refractivity contribution in [2.75, 3.05) is 17.4 Å². The molecule has 0 aromatic heterocycles. The molecule has 0 unspecified atom stereocenters. The van der Waals surface area contributed by atoms with E-state index < -0.39 is 34.3 Å². The van der Waals surface area contributed by atoms with Gasteiger partial charge in [-0.15, -0.1) is 0 Å². The van der Waals surface area contributed by atoms with Gasteiger partial charge in [0.25, 0.3) is 10.0 Å². The largest absolute Gasteiger partial charge is 0.355 e. The summed E-state index contributed by atoms with van der Waals surface area (Å²) in [5.74, 6) is -1.48. The van der Waals surface area contributed by atoms with Crippen LogP contribution in [0.3, 0.4) is 0 Å². The topological polar surface area (TPSA) is 86.8 Å². The maximum atomic E-state index is 13.7. The molecule has 1 atom stereocenters. The van der Waals surface area contributed by atoms with Gasteiger partial charge >= 0.3 is 0 Å². The van der Waals surface area contributed by atoms with E-state index in [0.717, 1.165) is 32.0 Å². The molecule has 0 saturated carbocycles. The summed E-state index contributed by atoms with van der Waals surface area (Å²) in [6, 6.07) is 17.5. The van der Waals surface area contributed by atoms with Crippen LogP contribution in [0.1, 0.15) is 25.0 Å². The predicted octanol–water partition coefficient (Wildman–Crippen LogP) is 4.65. The molecule has 10 heteroatoms. The van der Waals surface area contributed by atoms with Crippen molar-refractivity contribution in [3.05, 3.63) is 94.2 Å². The third-order valence-corrected chi connectivity index (χ3v) is 8.04. The number of hydrogen-bond donors (Lipinski definition) is 1. The van der Waals surface area contributed by atoms with Crippen LogP contribution in [0, 0.1) is 12.7 Å². The fraction of sp³-hybridized carbons (Fsp3) is 0.259. The minimum Gasteiger partial charge on any atom is -0.355 e. The van der Waals surface area contributed by atoms with E-state index in [0.29, 0.717) is 6.54 Å². The van der Waals surface area contributed by atoms with Crippen LogP contribution in [0.15, 0.2) is 82.2 Å². The summed E-state index contributed by atoms with van der Waals surface area (Å²) < 4.78 is 42.7. The van der Waals surface area contributed by atoms with Crippen LogP contribution in [-0.2, 0) is 26.2 Å². The molecule has 0 aliphatic heterocycles. The minimum atomic E-state index is -4.19. The molecular weight excluding hydrogens is 561 g/mol. The summed E-state index contributed by atoms with van der Waals surface area (Å²) in [5, 5.41) is 2.71. The van der Waals surface area contributed by atoms with Crippen molar-refractivity contribution < 1.29 is 22.4 Å². The highest BCUT2D eigenvalue weighted by molar-refractivity contribution is 9.10. The van der Waals surface area contributed by atoms with E-state index in [-0.39, 0.29) is 23.0 Å². The van der Waals surface area contributed by atoms with Crippen LogP contribution in [0.2, 0.25) is 0 Å². The Morgan fingerprint density at radius 2 is 1.68 bits per heavy atom. The fourth-order valence-corrected chi connectivity index (χ4v) is 5.57. The van der Waals surface area contributed by atoms with E-state index in [1.54, 1.807) is 26.0 Å². The van der Waals surface area contributed by atoms with Gasteiger partial charge < -0.3 is 10.2 Å². The van der Waals surface area contributed by atoms with E-state index in [1.807, 2.05) is 31.2 Å². The van der Waals surface area contributed by atoms with Gasteiger partial charge in [0.2, 0.25) is 11.8 Å². The molecule has 3 aromatic carbocycles. The highest BCUT2D eigenvalue weighted by Gasteiger charge is 2.32. The van der Waals surface area contributed by atoms with E-state index in [9.17, 15) is 22.4 Å².